The summed E-state index contributed by atoms with van der Waals surface area (Å²) in [5.41, 5.74) is 2.09. The number of rotatable bonds is 7. The van der Waals surface area contributed by atoms with Crippen LogP contribution >= 0.6 is 0 Å². The molecule has 2 aromatic carbocycles. The number of benzene rings is 2. The average molecular weight is 434 g/mol. The van der Waals surface area contributed by atoms with Crippen LogP contribution in [0.1, 0.15) is 15.9 Å². The predicted octanol–water partition coefficient (Wildman–Crippen LogP) is 2.82. The van der Waals surface area contributed by atoms with E-state index in [0.29, 0.717) is 34.1 Å². The molecule has 0 aliphatic carbocycles. The molecule has 2 heterocycles. The largest absolute Gasteiger partial charge is 0.493 e. The Kier molecular flexibility index (Phi) is 5.80. The number of methoxy groups -OCH3 is 3. The monoisotopic (exact) mass is 434 g/mol. The van der Waals surface area contributed by atoms with Crippen molar-refractivity contribution in [3.8, 4) is 17.2 Å². The Morgan fingerprint density at radius 2 is 1.72 bits per heavy atom. The van der Waals surface area contributed by atoms with Crippen LogP contribution in [0.5, 0.6) is 17.2 Å². The van der Waals surface area contributed by atoms with Crippen LogP contribution in [0.3, 0.4) is 0 Å². The van der Waals surface area contributed by atoms with Gasteiger partial charge in [-0.15, -0.1) is 5.10 Å². The molecule has 0 saturated heterocycles. The highest BCUT2D eigenvalue weighted by molar-refractivity contribution is 6.05. The smallest absolute Gasteiger partial charge is 0.350 e. The maximum atomic E-state index is 12.9. The minimum atomic E-state index is -0.341. The standard InChI is InChI=1S/C23H22N4O5/c1-30-18-12-16(13-19(31-2)21(18)32-3)22(28)24-17-8-6-7-15(11-17)14-27-23(29)26-10-5-4-9-20(26)25-27/h4-13H,14H2,1-3H3,(H,24,28). The topological polar surface area (TPSA) is 96.1 Å². The number of anilines is 1. The van der Waals surface area contributed by atoms with Gasteiger partial charge >= 0.3 is 5.69 Å². The van der Waals surface area contributed by atoms with Crippen LogP contribution in [0, 0.1) is 0 Å². The van der Waals surface area contributed by atoms with Crippen molar-refractivity contribution in [1.82, 2.24) is 14.2 Å². The summed E-state index contributed by atoms with van der Waals surface area (Å²) >= 11 is 0. The summed E-state index contributed by atoms with van der Waals surface area (Å²) < 4.78 is 18.8. The molecule has 4 rings (SSSR count). The fourth-order valence-electron chi connectivity index (χ4n) is 3.41. The van der Waals surface area contributed by atoms with E-state index in [1.807, 2.05) is 12.1 Å². The number of hydrogen-bond acceptors (Lipinski definition) is 6. The van der Waals surface area contributed by atoms with Crippen molar-refractivity contribution in [2.24, 2.45) is 0 Å². The predicted molar refractivity (Wildman–Crippen MR) is 119 cm³/mol. The molecule has 1 N–H and O–H groups in total. The van der Waals surface area contributed by atoms with Crippen LogP contribution in [-0.4, -0.2) is 41.4 Å². The Labute approximate surface area is 183 Å². The zero-order chi connectivity index (χ0) is 22.7. The van der Waals surface area contributed by atoms with Gasteiger partial charge in [-0.25, -0.2) is 9.48 Å². The minimum absolute atomic E-state index is 0.229. The number of hydrogen-bond donors (Lipinski definition) is 1. The molecule has 0 unspecified atom stereocenters. The van der Waals surface area contributed by atoms with E-state index in [2.05, 4.69) is 10.4 Å². The van der Waals surface area contributed by atoms with Crippen molar-refractivity contribution in [3.63, 3.8) is 0 Å². The lowest BCUT2D eigenvalue weighted by atomic mass is 10.1. The fraction of sp³-hybridized carbons (Fsp3) is 0.174. The van der Waals surface area contributed by atoms with Crippen LogP contribution < -0.4 is 25.2 Å². The molecule has 164 valence electrons. The van der Waals surface area contributed by atoms with Crippen molar-refractivity contribution in [2.75, 3.05) is 26.6 Å². The van der Waals surface area contributed by atoms with Crippen molar-refractivity contribution < 1.29 is 19.0 Å². The van der Waals surface area contributed by atoms with E-state index < -0.39 is 0 Å². The number of ether oxygens (including phenoxy) is 3. The van der Waals surface area contributed by atoms with Gasteiger partial charge in [-0.2, -0.15) is 0 Å². The molecule has 9 heteroatoms. The molecular weight excluding hydrogens is 412 g/mol. The maximum absolute atomic E-state index is 12.9. The maximum Gasteiger partial charge on any atom is 0.350 e. The summed E-state index contributed by atoms with van der Waals surface area (Å²) in [6, 6.07) is 15.8. The van der Waals surface area contributed by atoms with Gasteiger partial charge in [-0.05, 0) is 42.0 Å². The lowest BCUT2D eigenvalue weighted by Gasteiger charge is -2.14. The Hall–Kier alpha value is -4.27. The van der Waals surface area contributed by atoms with Gasteiger partial charge in [0, 0.05) is 17.4 Å². The van der Waals surface area contributed by atoms with Gasteiger partial charge in [0.05, 0.1) is 27.9 Å². The highest BCUT2D eigenvalue weighted by Gasteiger charge is 2.17. The van der Waals surface area contributed by atoms with E-state index in [-0.39, 0.29) is 18.1 Å². The molecule has 0 spiro atoms. The molecule has 1 amide bonds. The second-order valence-electron chi connectivity index (χ2n) is 6.94. The highest BCUT2D eigenvalue weighted by atomic mass is 16.5. The van der Waals surface area contributed by atoms with Crippen molar-refractivity contribution >= 4 is 17.2 Å². The summed E-state index contributed by atoms with van der Waals surface area (Å²) in [4.78, 5) is 25.4. The Bertz CT molecular complexity index is 1320. The molecule has 0 radical (unpaired) electrons. The van der Waals surface area contributed by atoms with Gasteiger partial charge in [0.2, 0.25) is 5.75 Å². The molecule has 0 fully saturated rings. The van der Waals surface area contributed by atoms with E-state index in [0.717, 1.165) is 5.56 Å². The minimum Gasteiger partial charge on any atom is -0.493 e. The zero-order valence-electron chi connectivity index (χ0n) is 17.9. The van der Waals surface area contributed by atoms with Gasteiger partial charge < -0.3 is 19.5 Å². The second kappa shape index (κ2) is 8.84. The zero-order valence-corrected chi connectivity index (χ0v) is 17.9. The van der Waals surface area contributed by atoms with Gasteiger partial charge in [0.25, 0.3) is 5.91 Å². The third kappa shape index (κ3) is 4.00. The van der Waals surface area contributed by atoms with Crippen LogP contribution in [0.25, 0.3) is 5.65 Å². The average Bonchev–Trinajstić information content (AvgIpc) is 3.13. The number of nitrogens with zero attached hydrogens (tertiary/aromatic N) is 3. The Morgan fingerprint density at radius 1 is 0.969 bits per heavy atom. The van der Waals surface area contributed by atoms with E-state index in [9.17, 15) is 9.59 Å². The van der Waals surface area contributed by atoms with Gasteiger partial charge in [-0.1, -0.05) is 18.2 Å². The number of nitrogens with one attached hydrogen (secondary N) is 1. The van der Waals surface area contributed by atoms with Crippen molar-refractivity contribution in [2.45, 2.75) is 6.54 Å². The van der Waals surface area contributed by atoms with Crippen LogP contribution in [0.2, 0.25) is 0 Å². The van der Waals surface area contributed by atoms with Crippen LogP contribution in [-0.2, 0) is 6.54 Å². The molecule has 0 saturated carbocycles. The summed E-state index contributed by atoms with van der Waals surface area (Å²) in [7, 11) is 4.48. The summed E-state index contributed by atoms with van der Waals surface area (Å²) in [6.07, 6.45) is 1.68. The number of carbonyl (C=O) groups excluding carboxylic acids is 1. The molecule has 9 nitrogen and oxygen atoms in total. The van der Waals surface area contributed by atoms with Gasteiger partial charge in [-0.3, -0.25) is 9.20 Å². The molecule has 0 aliphatic heterocycles. The third-order valence-electron chi connectivity index (χ3n) is 4.93. The fourth-order valence-corrected chi connectivity index (χ4v) is 3.41. The van der Waals surface area contributed by atoms with E-state index >= 15 is 0 Å². The summed E-state index contributed by atoms with van der Waals surface area (Å²) in [5.74, 6) is 0.840. The Morgan fingerprint density at radius 3 is 2.38 bits per heavy atom. The van der Waals surface area contributed by atoms with Crippen molar-refractivity contribution in [3.05, 3.63) is 82.4 Å². The molecule has 0 bridgehead atoms. The Balaban J connectivity index is 1.57. The molecule has 32 heavy (non-hydrogen) atoms. The highest BCUT2D eigenvalue weighted by Crippen LogP contribution is 2.38. The first-order valence-electron chi connectivity index (χ1n) is 9.78. The van der Waals surface area contributed by atoms with E-state index in [1.54, 1.807) is 48.7 Å². The van der Waals surface area contributed by atoms with Crippen molar-refractivity contribution in [1.29, 1.82) is 0 Å². The first-order chi connectivity index (χ1) is 15.5. The van der Waals surface area contributed by atoms with E-state index in [4.69, 9.17) is 14.2 Å². The summed E-state index contributed by atoms with van der Waals surface area (Å²) in [6.45, 7) is 0.272. The van der Waals surface area contributed by atoms with Gasteiger partial charge in [0.15, 0.2) is 17.1 Å². The van der Waals surface area contributed by atoms with Crippen LogP contribution in [0.15, 0.2) is 65.6 Å². The SMILES string of the molecule is COc1cc(C(=O)Nc2cccc(Cn3nc4ccccn4c3=O)c2)cc(OC)c1OC. The summed E-state index contributed by atoms with van der Waals surface area (Å²) in [5, 5.41) is 7.20. The van der Waals surface area contributed by atoms with E-state index in [1.165, 1.54) is 30.4 Å². The number of aromatic nitrogens is 3. The van der Waals surface area contributed by atoms with Gasteiger partial charge in [0.1, 0.15) is 0 Å². The molecule has 0 atom stereocenters. The number of carbonyl (C=O) groups is 1. The molecule has 4 aromatic rings. The first kappa shape index (κ1) is 21.0. The number of pyridine rings is 1. The number of amides is 1. The number of fused-ring (bicyclic) bond motifs is 1. The quantitative estimate of drug-likeness (QED) is 0.481. The normalized spacial score (nSPS) is 10.7. The lowest BCUT2D eigenvalue weighted by molar-refractivity contribution is 0.102. The third-order valence-corrected chi connectivity index (χ3v) is 4.93. The molecular formula is C23H22N4O5. The first-order valence-corrected chi connectivity index (χ1v) is 9.78. The van der Waals surface area contributed by atoms with Crippen LogP contribution in [0.4, 0.5) is 5.69 Å². The lowest BCUT2D eigenvalue weighted by Crippen LogP contribution is -2.21. The molecule has 0 aliphatic rings. The molecule has 2 aromatic heterocycles. The second-order valence-corrected chi connectivity index (χ2v) is 6.94.